The number of cyclic esters (lactones) is 1. The molecule has 1 aliphatic rings. The molecule has 0 N–H and O–H groups in total. The molecule has 0 aromatic heterocycles. The standard InChI is InChI=1S/C20H17NO6/c1-12(22)26-18-10-13(7-8-17(18)25-3)9-16-20(23)27-19(21-16)14-5-4-6-15(11-14)24-2/h4-11H,1-3H3. The molecule has 0 spiro atoms. The van der Waals surface area contributed by atoms with Gasteiger partial charge in [-0.2, -0.15) is 0 Å². The molecular formula is C20H17NO6. The molecule has 0 saturated carbocycles. The number of hydrogen-bond acceptors (Lipinski definition) is 7. The van der Waals surface area contributed by atoms with Crippen molar-refractivity contribution in [2.45, 2.75) is 6.92 Å². The Kier molecular flexibility index (Phi) is 5.21. The van der Waals surface area contributed by atoms with E-state index in [-0.39, 0.29) is 17.3 Å². The molecule has 0 fully saturated rings. The van der Waals surface area contributed by atoms with Crippen LogP contribution in [0.2, 0.25) is 0 Å². The van der Waals surface area contributed by atoms with Crippen LogP contribution >= 0.6 is 0 Å². The van der Waals surface area contributed by atoms with Crippen LogP contribution in [-0.4, -0.2) is 32.1 Å². The maximum Gasteiger partial charge on any atom is 0.363 e. The summed E-state index contributed by atoms with van der Waals surface area (Å²) in [6, 6.07) is 12.0. The molecule has 3 rings (SSSR count). The Morgan fingerprint density at radius 2 is 1.89 bits per heavy atom. The van der Waals surface area contributed by atoms with Gasteiger partial charge in [0.25, 0.3) is 0 Å². The Labute approximate surface area is 155 Å². The van der Waals surface area contributed by atoms with Gasteiger partial charge in [0.1, 0.15) is 5.75 Å². The van der Waals surface area contributed by atoms with Crippen molar-refractivity contribution in [2.75, 3.05) is 14.2 Å². The summed E-state index contributed by atoms with van der Waals surface area (Å²) in [6.07, 6.45) is 1.54. The summed E-state index contributed by atoms with van der Waals surface area (Å²) < 4.78 is 20.7. The summed E-state index contributed by atoms with van der Waals surface area (Å²) in [6.45, 7) is 1.30. The number of rotatable bonds is 5. The first kappa shape index (κ1) is 18.2. The van der Waals surface area contributed by atoms with Crippen LogP contribution in [0, 0.1) is 0 Å². The number of esters is 2. The molecule has 0 atom stereocenters. The van der Waals surface area contributed by atoms with Crippen LogP contribution in [0.3, 0.4) is 0 Å². The average Bonchev–Trinajstić information content (AvgIpc) is 3.02. The average molecular weight is 367 g/mol. The second-order valence-electron chi connectivity index (χ2n) is 5.57. The number of carbonyl (C=O) groups excluding carboxylic acids is 2. The monoisotopic (exact) mass is 367 g/mol. The van der Waals surface area contributed by atoms with Crippen molar-refractivity contribution < 1.29 is 28.5 Å². The number of nitrogens with zero attached hydrogens (tertiary/aromatic N) is 1. The number of hydrogen-bond donors (Lipinski definition) is 0. The summed E-state index contributed by atoms with van der Waals surface area (Å²) in [5, 5.41) is 0. The summed E-state index contributed by atoms with van der Waals surface area (Å²) in [7, 11) is 3.02. The molecule has 0 bridgehead atoms. The van der Waals surface area contributed by atoms with E-state index in [9.17, 15) is 9.59 Å². The second kappa shape index (κ2) is 7.74. The maximum absolute atomic E-state index is 12.2. The van der Waals surface area contributed by atoms with E-state index in [0.29, 0.717) is 22.6 Å². The van der Waals surface area contributed by atoms with E-state index in [2.05, 4.69) is 4.99 Å². The molecule has 0 amide bonds. The molecule has 0 unspecified atom stereocenters. The van der Waals surface area contributed by atoms with Gasteiger partial charge in [0.15, 0.2) is 17.2 Å². The smallest absolute Gasteiger partial charge is 0.363 e. The van der Waals surface area contributed by atoms with Gasteiger partial charge in [-0.05, 0) is 42.0 Å². The minimum absolute atomic E-state index is 0.131. The van der Waals surface area contributed by atoms with E-state index in [1.165, 1.54) is 14.0 Å². The summed E-state index contributed by atoms with van der Waals surface area (Å²) in [5.41, 5.74) is 1.36. The summed E-state index contributed by atoms with van der Waals surface area (Å²) in [4.78, 5) is 27.7. The zero-order valence-corrected chi connectivity index (χ0v) is 15.0. The zero-order chi connectivity index (χ0) is 19.4. The van der Waals surface area contributed by atoms with Gasteiger partial charge >= 0.3 is 11.9 Å². The van der Waals surface area contributed by atoms with Crippen molar-refractivity contribution >= 4 is 23.9 Å². The molecule has 2 aromatic carbocycles. The Hall–Kier alpha value is -3.61. The van der Waals surface area contributed by atoms with Gasteiger partial charge in [0.05, 0.1) is 14.2 Å². The molecule has 7 heteroatoms. The Morgan fingerprint density at radius 3 is 2.59 bits per heavy atom. The van der Waals surface area contributed by atoms with Crippen LogP contribution in [0.25, 0.3) is 6.08 Å². The highest BCUT2D eigenvalue weighted by molar-refractivity contribution is 6.13. The van der Waals surface area contributed by atoms with Crippen LogP contribution in [0.15, 0.2) is 53.2 Å². The highest BCUT2D eigenvalue weighted by Gasteiger charge is 2.24. The molecule has 1 aliphatic heterocycles. The normalized spacial score (nSPS) is 14.6. The van der Waals surface area contributed by atoms with Crippen LogP contribution in [-0.2, 0) is 14.3 Å². The van der Waals surface area contributed by atoms with Gasteiger partial charge < -0.3 is 18.9 Å². The molecule has 138 valence electrons. The lowest BCUT2D eigenvalue weighted by molar-refractivity contribution is -0.132. The van der Waals surface area contributed by atoms with Crippen LogP contribution in [0.4, 0.5) is 0 Å². The third-order valence-electron chi connectivity index (χ3n) is 3.68. The van der Waals surface area contributed by atoms with Crippen molar-refractivity contribution in [1.82, 2.24) is 0 Å². The maximum atomic E-state index is 12.2. The van der Waals surface area contributed by atoms with Crippen molar-refractivity contribution in [3.63, 3.8) is 0 Å². The van der Waals surface area contributed by atoms with E-state index in [0.717, 1.165) is 0 Å². The minimum Gasteiger partial charge on any atom is -0.497 e. The zero-order valence-electron chi connectivity index (χ0n) is 15.0. The van der Waals surface area contributed by atoms with Gasteiger partial charge in [0.2, 0.25) is 5.90 Å². The van der Waals surface area contributed by atoms with Gasteiger partial charge in [-0.25, -0.2) is 9.79 Å². The number of benzene rings is 2. The van der Waals surface area contributed by atoms with E-state index in [4.69, 9.17) is 18.9 Å². The number of carbonyl (C=O) groups is 2. The highest BCUT2D eigenvalue weighted by atomic mass is 16.6. The van der Waals surface area contributed by atoms with Gasteiger partial charge in [-0.15, -0.1) is 0 Å². The first-order valence-electron chi connectivity index (χ1n) is 8.03. The number of aliphatic imine (C=N–C) groups is 1. The fourth-order valence-corrected chi connectivity index (χ4v) is 2.46. The summed E-state index contributed by atoms with van der Waals surface area (Å²) in [5.74, 6) is 0.433. The molecule has 1 heterocycles. The van der Waals surface area contributed by atoms with Crippen LogP contribution < -0.4 is 14.2 Å². The van der Waals surface area contributed by atoms with E-state index in [1.54, 1.807) is 55.7 Å². The molecule has 0 saturated heterocycles. The van der Waals surface area contributed by atoms with Crippen molar-refractivity contribution in [1.29, 1.82) is 0 Å². The Bertz CT molecular complexity index is 961. The van der Waals surface area contributed by atoms with Crippen molar-refractivity contribution in [3.05, 3.63) is 59.3 Å². The first-order chi connectivity index (χ1) is 13.0. The highest BCUT2D eigenvalue weighted by Crippen LogP contribution is 2.30. The lowest BCUT2D eigenvalue weighted by Gasteiger charge is -2.08. The number of methoxy groups -OCH3 is 2. The van der Waals surface area contributed by atoms with Crippen LogP contribution in [0.5, 0.6) is 17.2 Å². The van der Waals surface area contributed by atoms with Gasteiger partial charge in [-0.3, -0.25) is 4.79 Å². The van der Waals surface area contributed by atoms with Crippen molar-refractivity contribution in [2.24, 2.45) is 4.99 Å². The molecule has 0 radical (unpaired) electrons. The van der Waals surface area contributed by atoms with E-state index < -0.39 is 11.9 Å². The fourth-order valence-electron chi connectivity index (χ4n) is 2.46. The molecule has 0 aliphatic carbocycles. The van der Waals surface area contributed by atoms with Crippen molar-refractivity contribution in [3.8, 4) is 17.2 Å². The summed E-state index contributed by atoms with van der Waals surface area (Å²) >= 11 is 0. The lowest BCUT2D eigenvalue weighted by atomic mass is 10.1. The molecule has 2 aromatic rings. The molecule has 27 heavy (non-hydrogen) atoms. The molecular weight excluding hydrogens is 350 g/mol. The SMILES string of the molecule is COc1cccc(C2=NC(=Cc3ccc(OC)c(OC(C)=O)c3)C(=O)O2)c1. The minimum atomic E-state index is -0.572. The lowest BCUT2D eigenvalue weighted by Crippen LogP contribution is -2.05. The Morgan fingerprint density at radius 1 is 1.07 bits per heavy atom. The third-order valence-corrected chi connectivity index (χ3v) is 3.68. The fraction of sp³-hybridized carbons (Fsp3) is 0.150. The van der Waals surface area contributed by atoms with Gasteiger partial charge in [0, 0.05) is 12.5 Å². The van der Waals surface area contributed by atoms with Gasteiger partial charge in [-0.1, -0.05) is 12.1 Å². The largest absolute Gasteiger partial charge is 0.497 e. The Balaban J connectivity index is 1.93. The predicted molar refractivity (Wildman–Crippen MR) is 97.9 cm³/mol. The quantitative estimate of drug-likeness (QED) is 0.459. The van der Waals surface area contributed by atoms with E-state index in [1.807, 2.05) is 0 Å². The molecule has 7 nitrogen and oxygen atoms in total. The third kappa shape index (κ3) is 4.14. The predicted octanol–water partition coefficient (Wildman–Crippen LogP) is 2.97. The second-order valence-corrected chi connectivity index (χ2v) is 5.57. The topological polar surface area (TPSA) is 83.4 Å². The first-order valence-corrected chi connectivity index (χ1v) is 8.03. The van der Waals surface area contributed by atoms with E-state index >= 15 is 0 Å². The van der Waals surface area contributed by atoms with Crippen LogP contribution in [0.1, 0.15) is 18.1 Å². The number of ether oxygens (including phenoxy) is 4.